The Labute approximate surface area is 129 Å². The Balaban J connectivity index is 2.27. The first-order valence-electron chi connectivity index (χ1n) is 7.31. The Morgan fingerprint density at radius 1 is 1.55 bits per heavy atom. The van der Waals surface area contributed by atoms with Crippen LogP contribution in [0.3, 0.4) is 0 Å². The Morgan fingerprint density at radius 3 is 2.86 bits per heavy atom. The van der Waals surface area contributed by atoms with Gasteiger partial charge in [-0.3, -0.25) is 14.9 Å². The number of amides is 1. The lowest BCUT2D eigenvalue weighted by Crippen LogP contribution is -2.45. The molecular formula is C15H21N3O4. The van der Waals surface area contributed by atoms with Crippen LogP contribution in [0.1, 0.15) is 30.1 Å². The molecule has 0 aromatic heterocycles. The van der Waals surface area contributed by atoms with Gasteiger partial charge in [0.1, 0.15) is 5.75 Å². The molecule has 1 amide bonds. The van der Waals surface area contributed by atoms with E-state index in [9.17, 15) is 14.9 Å². The van der Waals surface area contributed by atoms with Crippen molar-refractivity contribution in [3.63, 3.8) is 0 Å². The minimum atomic E-state index is -0.517. The van der Waals surface area contributed by atoms with Crippen LogP contribution in [0.15, 0.2) is 18.2 Å². The molecule has 1 aromatic rings. The Kier molecular flexibility index (Phi) is 4.97. The zero-order chi connectivity index (χ0) is 16.3. The Bertz CT molecular complexity index is 574. The first-order chi connectivity index (χ1) is 10.4. The fourth-order valence-corrected chi connectivity index (χ4v) is 2.77. The molecule has 1 saturated heterocycles. The molecule has 0 aliphatic carbocycles. The van der Waals surface area contributed by atoms with Crippen molar-refractivity contribution in [3.8, 4) is 5.75 Å². The maximum absolute atomic E-state index is 12.7. The van der Waals surface area contributed by atoms with E-state index in [2.05, 4.69) is 0 Å². The lowest BCUT2D eigenvalue weighted by Gasteiger charge is -2.34. The van der Waals surface area contributed by atoms with Crippen LogP contribution in [-0.2, 0) is 0 Å². The van der Waals surface area contributed by atoms with E-state index in [1.54, 1.807) is 4.90 Å². The molecular weight excluding hydrogens is 286 g/mol. The van der Waals surface area contributed by atoms with Gasteiger partial charge < -0.3 is 15.4 Å². The van der Waals surface area contributed by atoms with E-state index in [-0.39, 0.29) is 29.1 Å². The fraction of sp³-hybridized carbons (Fsp3) is 0.533. The zero-order valence-electron chi connectivity index (χ0n) is 12.8. The summed E-state index contributed by atoms with van der Waals surface area (Å²) in [6.45, 7) is 3.14. The van der Waals surface area contributed by atoms with Gasteiger partial charge in [0.15, 0.2) is 0 Å². The third-order valence-electron chi connectivity index (χ3n) is 4.11. The molecule has 7 heteroatoms. The Morgan fingerprint density at radius 2 is 2.27 bits per heavy atom. The summed E-state index contributed by atoms with van der Waals surface area (Å²) >= 11 is 0. The number of carbonyl (C=O) groups is 1. The summed E-state index contributed by atoms with van der Waals surface area (Å²) in [5, 5.41) is 10.9. The van der Waals surface area contributed by atoms with E-state index in [0.717, 1.165) is 12.8 Å². The molecule has 2 atom stereocenters. The molecule has 120 valence electrons. The van der Waals surface area contributed by atoms with Crippen molar-refractivity contribution in [1.29, 1.82) is 0 Å². The number of nitro groups is 1. The molecule has 2 unspecified atom stereocenters. The number of carbonyl (C=O) groups excluding carboxylic acids is 1. The van der Waals surface area contributed by atoms with Crippen molar-refractivity contribution >= 4 is 11.6 Å². The molecule has 2 rings (SSSR count). The molecule has 0 saturated carbocycles. The van der Waals surface area contributed by atoms with Crippen LogP contribution in [0.25, 0.3) is 0 Å². The van der Waals surface area contributed by atoms with Gasteiger partial charge in [-0.1, -0.05) is 0 Å². The van der Waals surface area contributed by atoms with E-state index in [1.807, 2.05) is 6.92 Å². The van der Waals surface area contributed by atoms with Crippen molar-refractivity contribution in [2.45, 2.75) is 25.8 Å². The summed E-state index contributed by atoms with van der Waals surface area (Å²) in [5.41, 5.74) is 6.04. The van der Waals surface area contributed by atoms with Crippen LogP contribution in [-0.4, -0.2) is 42.0 Å². The third-order valence-corrected chi connectivity index (χ3v) is 4.11. The second-order valence-corrected chi connectivity index (χ2v) is 5.65. The van der Waals surface area contributed by atoms with E-state index in [0.29, 0.717) is 18.8 Å². The number of hydrogen-bond acceptors (Lipinski definition) is 5. The average molecular weight is 307 g/mol. The van der Waals surface area contributed by atoms with Gasteiger partial charge in [-0.05, 0) is 31.7 Å². The highest BCUT2D eigenvalue weighted by atomic mass is 16.6. The molecule has 0 bridgehead atoms. The molecule has 0 spiro atoms. The lowest BCUT2D eigenvalue weighted by molar-refractivity contribution is -0.384. The summed E-state index contributed by atoms with van der Waals surface area (Å²) in [4.78, 5) is 24.8. The molecule has 7 nitrogen and oxygen atoms in total. The molecule has 22 heavy (non-hydrogen) atoms. The average Bonchev–Trinajstić information content (AvgIpc) is 2.53. The van der Waals surface area contributed by atoms with E-state index < -0.39 is 4.92 Å². The standard InChI is InChI=1S/C15H21N3O4/c1-10(16)11-4-3-7-17(9-11)15(19)13-8-12(18(20)21)5-6-14(13)22-2/h5-6,8,10-11H,3-4,7,9,16H2,1-2H3. The zero-order valence-corrected chi connectivity index (χ0v) is 12.8. The molecule has 1 aliphatic heterocycles. The number of likely N-dealkylation sites (tertiary alicyclic amines) is 1. The SMILES string of the molecule is COc1ccc([N+](=O)[O-])cc1C(=O)N1CCCC(C(C)N)C1. The predicted octanol–water partition coefficient (Wildman–Crippen LogP) is 1.80. The number of nitro benzene ring substituents is 1. The van der Waals surface area contributed by atoms with Crippen LogP contribution < -0.4 is 10.5 Å². The van der Waals surface area contributed by atoms with Crippen LogP contribution in [0, 0.1) is 16.0 Å². The molecule has 1 aromatic carbocycles. The molecule has 2 N–H and O–H groups in total. The van der Waals surface area contributed by atoms with Crippen LogP contribution in [0.4, 0.5) is 5.69 Å². The number of nitrogens with two attached hydrogens (primary N) is 1. The van der Waals surface area contributed by atoms with Crippen molar-refractivity contribution < 1.29 is 14.5 Å². The smallest absolute Gasteiger partial charge is 0.270 e. The predicted molar refractivity (Wildman–Crippen MR) is 81.9 cm³/mol. The number of hydrogen-bond donors (Lipinski definition) is 1. The lowest BCUT2D eigenvalue weighted by atomic mass is 9.92. The second-order valence-electron chi connectivity index (χ2n) is 5.65. The molecule has 1 fully saturated rings. The number of nitrogens with zero attached hydrogens (tertiary/aromatic N) is 2. The minimum absolute atomic E-state index is 0.0163. The topological polar surface area (TPSA) is 98.7 Å². The quantitative estimate of drug-likeness (QED) is 0.675. The van der Waals surface area contributed by atoms with Crippen molar-refractivity contribution in [3.05, 3.63) is 33.9 Å². The number of methoxy groups -OCH3 is 1. The maximum atomic E-state index is 12.7. The Hall–Kier alpha value is -2.15. The summed E-state index contributed by atoms with van der Waals surface area (Å²) in [5.74, 6) is 0.354. The second kappa shape index (κ2) is 6.74. The number of benzene rings is 1. The summed E-state index contributed by atoms with van der Waals surface area (Å²) < 4.78 is 5.17. The monoisotopic (exact) mass is 307 g/mol. The highest BCUT2D eigenvalue weighted by Crippen LogP contribution is 2.27. The van der Waals surface area contributed by atoms with Gasteiger partial charge in [-0.15, -0.1) is 0 Å². The number of non-ortho nitro benzene ring substituents is 1. The van der Waals surface area contributed by atoms with Gasteiger partial charge in [0, 0.05) is 31.3 Å². The van der Waals surface area contributed by atoms with Gasteiger partial charge in [0.05, 0.1) is 17.6 Å². The van der Waals surface area contributed by atoms with Gasteiger partial charge >= 0.3 is 0 Å². The maximum Gasteiger partial charge on any atom is 0.270 e. The fourth-order valence-electron chi connectivity index (χ4n) is 2.77. The van der Waals surface area contributed by atoms with E-state index in [1.165, 1.54) is 25.3 Å². The van der Waals surface area contributed by atoms with Gasteiger partial charge in [-0.25, -0.2) is 0 Å². The summed E-state index contributed by atoms with van der Waals surface area (Å²) in [6, 6.07) is 4.08. The van der Waals surface area contributed by atoms with Gasteiger partial charge in [0.25, 0.3) is 11.6 Å². The van der Waals surface area contributed by atoms with E-state index >= 15 is 0 Å². The van der Waals surface area contributed by atoms with Crippen molar-refractivity contribution in [1.82, 2.24) is 4.90 Å². The normalized spacial score (nSPS) is 19.6. The highest BCUT2D eigenvalue weighted by molar-refractivity contribution is 5.97. The summed E-state index contributed by atoms with van der Waals surface area (Å²) in [7, 11) is 1.44. The molecule has 0 radical (unpaired) electrons. The van der Waals surface area contributed by atoms with Gasteiger partial charge in [0.2, 0.25) is 0 Å². The number of rotatable bonds is 4. The van der Waals surface area contributed by atoms with Crippen molar-refractivity contribution in [2.24, 2.45) is 11.7 Å². The number of piperidine rings is 1. The van der Waals surface area contributed by atoms with Crippen LogP contribution in [0.5, 0.6) is 5.75 Å². The largest absolute Gasteiger partial charge is 0.496 e. The molecule has 1 aliphatic rings. The van der Waals surface area contributed by atoms with Crippen LogP contribution >= 0.6 is 0 Å². The summed E-state index contributed by atoms with van der Waals surface area (Å²) in [6.07, 6.45) is 1.88. The first kappa shape index (κ1) is 16.2. The van der Waals surface area contributed by atoms with Gasteiger partial charge in [-0.2, -0.15) is 0 Å². The first-order valence-corrected chi connectivity index (χ1v) is 7.31. The number of ether oxygens (including phenoxy) is 1. The molecule has 1 heterocycles. The van der Waals surface area contributed by atoms with Crippen LogP contribution in [0.2, 0.25) is 0 Å². The van der Waals surface area contributed by atoms with E-state index in [4.69, 9.17) is 10.5 Å². The third kappa shape index (κ3) is 3.36. The highest BCUT2D eigenvalue weighted by Gasteiger charge is 2.28. The van der Waals surface area contributed by atoms with Crippen molar-refractivity contribution in [2.75, 3.05) is 20.2 Å². The minimum Gasteiger partial charge on any atom is -0.496 e.